The second-order valence-corrected chi connectivity index (χ2v) is 8.71. The van der Waals surface area contributed by atoms with Gasteiger partial charge >= 0.3 is 0 Å². The average molecular weight is 329 g/mol. The van der Waals surface area contributed by atoms with E-state index in [1.165, 1.54) is 45.5 Å². The van der Waals surface area contributed by atoms with Crippen molar-refractivity contribution in [2.75, 3.05) is 6.54 Å². The van der Waals surface area contributed by atoms with Crippen LogP contribution in [0.2, 0.25) is 0 Å². The van der Waals surface area contributed by atoms with Crippen LogP contribution in [0, 0.1) is 5.41 Å². The van der Waals surface area contributed by atoms with Crippen molar-refractivity contribution in [3.63, 3.8) is 0 Å². The number of aliphatic imine (C=N–C) groups is 1. The Bertz CT molecular complexity index is 866. The highest BCUT2D eigenvalue weighted by atomic mass is 14.8. The van der Waals surface area contributed by atoms with E-state index in [1.807, 2.05) is 0 Å². The SMILES string of the molecule is CC1=C(C2=NCC(c3ccc4c(c3)C=CC4CC(C)(C)C)=C2)CC=C1. The van der Waals surface area contributed by atoms with Crippen LogP contribution in [0.25, 0.3) is 11.6 Å². The maximum atomic E-state index is 4.79. The molecule has 128 valence electrons. The predicted octanol–water partition coefficient (Wildman–Crippen LogP) is 6.35. The van der Waals surface area contributed by atoms with Gasteiger partial charge in [0.15, 0.2) is 0 Å². The van der Waals surface area contributed by atoms with E-state index in [2.05, 4.69) is 76.3 Å². The summed E-state index contributed by atoms with van der Waals surface area (Å²) < 4.78 is 0. The van der Waals surface area contributed by atoms with Gasteiger partial charge in [-0.1, -0.05) is 57.2 Å². The predicted molar refractivity (Wildman–Crippen MR) is 109 cm³/mol. The first-order valence-electron chi connectivity index (χ1n) is 9.35. The Morgan fingerprint density at radius 3 is 2.72 bits per heavy atom. The minimum atomic E-state index is 0.354. The van der Waals surface area contributed by atoms with E-state index in [9.17, 15) is 0 Å². The first-order chi connectivity index (χ1) is 11.9. The van der Waals surface area contributed by atoms with Crippen molar-refractivity contribution in [1.29, 1.82) is 0 Å². The highest BCUT2D eigenvalue weighted by Gasteiger charge is 2.24. The summed E-state index contributed by atoms with van der Waals surface area (Å²) in [6.07, 6.45) is 13.6. The van der Waals surface area contributed by atoms with Gasteiger partial charge in [0.1, 0.15) is 0 Å². The van der Waals surface area contributed by atoms with E-state index >= 15 is 0 Å². The third-order valence-corrected chi connectivity index (χ3v) is 5.40. The van der Waals surface area contributed by atoms with Crippen LogP contribution in [-0.4, -0.2) is 12.3 Å². The molecule has 1 unspecified atom stereocenters. The van der Waals surface area contributed by atoms with E-state index in [4.69, 9.17) is 4.99 Å². The maximum Gasteiger partial charge on any atom is 0.0653 e. The van der Waals surface area contributed by atoms with E-state index in [1.54, 1.807) is 0 Å². The molecular formula is C24H27N. The maximum absolute atomic E-state index is 4.79. The summed E-state index contributed by atoms with van der Waals surface area (Å²) in [6, 6.07) is 6.98. The number of benzene rings is 1. The molecule has 0 fully saturated rings. The summed E-state index contributed by atoms with van der Waals surface area (Å²) in [5.41, 5.74) is 9.82. The molecule has 0 aromatic heterocycles. The van der Waals surface area contributed by atoms with Gasteiger partial charge in [-0.15, -0.1) is 0 Å². The quantitative estimate of drug-likeness (QED) is 0.613. The summed E-state index contributed by atoms with van der Waals surface area (Å²) in [4.78, 5) is 4.79. The Labute approximate surface area is 151 Å². The van der Waals surface area contributed by atoms with E-state index in [0.29, 0.717) is 11.3 Å². The summed E-state index contributed by atoms with van der Waals surface area (Å²) in [6.45, 7) is 9.96. The van der Waals surface area contributed by atoms with Crippen molar-refractivity contribution in [3.8, 4) is 0 Å². The van der Waals surface area contributed by atoms with Crippen LogP contribution in [0.3, 0.4) is 0 Å². The molecular weight excluding hydrogens is 302 g/mol. The molecule has 0 N–H and O–H groups in total. The molecule has 1 nitrogen and oxygen atoms in total. The molecule has 2 aliphatic carbocycles. The Kier molecular flexibility index (Phi) is 3.91. The molecule has 1 aliphatic heterocycles. The lowest BCUT2D eigenvalue weighted by Crippen LogP contribution is -2.09. The van der Waals surface area contributed by atoms with E-state index in [0.717, 1.165) is 13.0 Å². The highest BCUT2D eigenvalue weighted by Crippen LogP contribution is 2.39. The second kappa shape index (κ2) is 5.98. The monoisotopic (exact) mass is 329 g/mol. The molecule has 4 rings (SSSR count). The minimum Gasteiger partial charge on any atom is -0.280 e. The van der Waals surface area contributed by atoms with Crippen molar-refractivity contribution < 1.29 is 0 Å². The van der Waals surface area contributed by atoms with Gasteiger partial charge in [-0.05, 0) is 70.7 Å². The van der Waals surface area contributed by atoms with Gasteiger partial charge in [-0.25, -0.2) is 0 Å². The Morgan fingerprint density at radius 2 is 2.00 bits per heavy atom. The molecule has 0 amide bonds. The van der Waals surface area contributed by atoms with E-state index < -0.39 is 0 Å². The van der Waals surface area contributed by atoms with Gasteiger partial charge in [-0.3, -0.25) is 4.99 Å². The number of allylic oxidation sites excluding steroid dienone is 6. The summed E-state index contributed by atoms with van der Waals surface area (Å²) in [5.74, 6) is 0.561. The molecule has 1 heteroatoms. The van der Waals surface area contributed by atoms with Crippen LogP contribution >= 0.6 is 0 Å². The third kappa shape index (κ3) is 3.20. The topological polar surface area (TPSA) is 12.4 Å². The average Bonchev–Trinajstić information content (AvgIpc) is 3.25. The van der Waals surface area contributed by atoms with Crippen LogP contribution in [0.4, 0.5) is 0 Å². The number of rotatable bonds is 3. The molecule has 1 heterocycles. The molecule has 25 heavy (non-hydrogen) atoms. The van der Waals surface area contributed by atoms with Gasteiger partial charge in [0.25, 0.3) is 0 Å². The molecule has 0 saturated carbocycles. The molecule has 3 aliphatic rings. The lowest BCUT2D eigenvalue weighted by Gasteiger charge is -2.23. The Morgan fingerprint density at radius 1 is 1.16 bits per heavy atom. The van der Waals surface area contributed by atoms with Crippen molar-refractivity contribution in [3.05, 3.63) is 70.3 Å². The molecule has 0 spiro atoms. The van der Waals surface area contributed by atoms with Crippen LogP contribution < -0.4 is 0 Å². The van der Waals surface area contributed by atoms with Gasteiger partial charge in [0.2, 0.25) is 0 Å². The second-order valence-electron chi connectivity index (χ2n) is 8.71. The first-order valence-corrected chi connectivity index (χ1v) is 9.35. The highest BCUT2D eigenvalue weighted by molar-refractivity contribution is 6.15. The number of hydrogen-bond donors (Lipinski definition) is 0. The summed E-state index contributed by atoms with van der Waals surface area (Å²) in [7, 11) is 0. The fourth-order valence-corrected chi connectivity index (χ4v) is 4.12. The zero-order valence-corrected chi connectivity index (χ0v) is 15.8. The van der Waals surface area contributed by atoms with Gasteiger partial charge in [0.05, 0.1) is 12.3 Å². The van der Waals surface area contributed by atoms with E-state index in [-0.39, 0.29) is 0 Å². The zero-order chi connectivity index (χ0) is 17.6. The smallest absolute Gasteiger partial charge is 0.0653 e. The molecule has 1 atom stereocenters. The lowest BCUT2D eigenvalue weighted by atomic mass is 9.82. The van der Waals surface area contributed by atoms with Crippen LogP contribution in [0.1, 0.15) is 63.1 Å². The molecule has 0 radical (unpaired) electrons. The number of hydrogen-bond acceptors (Lipinski definition) is 1. The van der Waals surface area contributed by atoms with Crippen LogP contribution in [-0.2, 0) is 0 Å². The normalized spacial score (nSPS) is 21.8. The van der Waals surface area contributed by atoms with Crippen LogP contribution in [0.5, 0.6) is 0 Å². The first kappa shape index (κ1) is 16.3. The largest absolute Gasteiger partial charge is 0.280 e. The molecule has 1 aromatic carbocycles. The van der Waals surface area contributed by atoms with Crippen molar-refractivity contribution in [2.45, 2.75) is 46.5 Å². The van der Waals surface area contributed by atoms with Crippen molar-refractivity contribution >= 4 is 17.4 Å². The summed E-state index contributed by atoms with van der Waals surface area (Å²) >= 11 is 0. The van der Waals surface area contributed by atoms with Crippen molar-refractivity contribution in [1.82, 2.24) is 0 Å². The number of fused-ring (bicyclic) bond motifs is 1. The van der Waals surface area contributed by atoms with Gasteiger partial charge in [0, 0.05) is 5.92 Å². The van der Waals surface area contributed by atoms with Gasteiger partial charge in [-0.2, -0.15) is 0 Å². The fraction of sp³-hybridized carbons (Fsp3) is 0.375. The molecule has 0 saturated heterocycles. The minimum absolute atomic E-state index is 0.354. The Balaban J connectivity index is 1.57. The molecule has 1 aromatic rings. The fourth-order valence-electron chi connectivity index (χ4n) is 4.12. The number of nitrogens with zero attached hydrogens (tertiary/aromatic N) is 1. The zero-order valence-electron chi connectivity index (χ0n) is 15.8. The van der Waals surface area contributed by atoms with Crippen LogP contribution in [0.15, 0.2) is 58.6 Å². The summed E-state index contributed by atoms with van der Waals surface area (Å²) in [5, 5.41) is 0. The molecule has 0 bridgehead atoms. The van der Waals surface area contributed by atoms with Crippen molar-refractivity contribution in [2.24, 2.45) is 10.4 Å². The Hall–Kier alpha value is -2.15. The third-order valence-electron chi connectivity index (χ3n) is 5.40. The lowest BCUT2D eigenvalue weighted by molar-refractivity contribution is 0.362. The van der Waals surface area contributed by atoms with Gasteiger partial charge < -0.3 is 0 Å². The standard InChI is InChI=1S/C24H27N/c1-16-6-5-7-21(16)23-13-20(15-25-23)17-10-11-22-18(12-17)8-9-19(22)14-24(2,3)4/h5-6,8-13,19H,7,14-15H2,1-4H3.